The molecule has 24 heavy (non-hydrogen) atoms. The number of ether oxygens (including phenoxy) is 2. The van der Waals surface area contributed by atoms with E-state index in [0.717, 1.165) is 35.7 Å². The second-order valence-electron chi connectivity index (χ2n) is 4.78. The van der Waals surface area contributed by atoms with Gasteiger partial charge in [0.05, 0.1) is 20.8 Å². The number of methoxy groups -OCH3 is 2. The van der Waals surface area contributed by atoms with E-state index in [1.54, 1.807) is 27.5 Å². The Morgan fingerprint density at radius 2 is 1.96 bits per heavy atom. The van der Waals surface area contributed by atoms with Gasteiger partial charge in [-0.1, -0.05) is 11.2 Å². The summed E-state index contributed by atoms with van der Waals surface area (Å²) in [5, 5.41) is 10.3. The van der Waals surface area contributed by atoms with Crippen molar-refractivity contribution < 1.29 is 14.0 Å². The first kappa shape index (κ1) is 20.1. The van der Waals surface area contributed by atoms with E-state index in [2.05, 4.69) is 20.8 Å². The summed E-state index contributed by atoms with van der Waals surface area (Å²) in [7, 11) is 4.99. The number of halogens is 1. The molecule has 7 nitrogen and oxygen atoms in total. The van der Waals surface area contributed by atoms with Gasteiger partial charge in [-0.25, -0.2) is 0 Å². The van der Waals surface area contributed by atoms with E-state index in [9.17, 15) is 0 Å². The van der Waals surface area contributed by atoms with Crippen LogP contribution in [0.2, 0.25) is 0 Å². The summed E-state index contributed by atoms with van der Waals surface area (Å²) >= 11 is 0. The van der Waals surface area contributed by atoms with Crippen LogP contribution in [0.25, 0.3) is 0 Å². The second kappa shape index (κ2) is 10.7. The van der Waals surface area contributed by atoms with Gasteiger partial charge in [-0.15, -0.1) is 24.0 Å². The fourth-order valence-electron chi connectivity index (χ4n) is 2.09. The lowest BCUT2D eigenvalue weighted by Crippen LogP contribution is -2.37. The average molecular weight is 446 g/mol. The lowest BCUT2D eigenvalue weighted by Gasteiger charge is -2.12. The number of benzene rings is 1. The average Bonchev–Trinajstić information content (AvgIpc) is 3.11. The number of nitrogens with zero attached hydrogens (tertiary/aromatic N) is 2. The monoisotopic (exact) mass is 446 g/mol. The molecule has 0 amide bonds. The van der Waals surface area contributed by atoms with Crippen molar-refractivity contribution in [3.63, 3.8) is 0 Å². The summed E-state index contributed by atoms with van der Waals surface area (Å²) in [4.78, 5) is 4.17. The molecule has 8 heteroatoms. The van der Waals surface area contributed by atoms with Crippen molar-refractivity contribution in [1.29, 1.82) is 0 Å². The molecule has 0 aliphatic carbocycles. The second-order valence-corrected chi connectivity index (χ2v) is 4.78. The van der Waals surface area contributed by atoms with E-state index in [1.165, 1.54) is 0 Å². The first-order valence-corrected chi connectivity index (χ1v) is 7.31. The van der Waals surface area contributed by atoms with Crippen LogP contribution in [0.4, 0.5) is 0 Å². The van der Waals surface area contributed by atoms with Crippen molar-refractivity contribution in [2.24, 2.45) is 4.99 Å². The van der Waals surface area contributed by atoms with Gasteiger partial charge < -0.3 is 24.6 Å². The Hall–Kier alpha value is -1.97. The number of hydrogen-bond donors (Lipinski definition) is 2. The Balaban J connectivity index is 0.00000288. The minimum absolute atomic E-state index is 0. The van der Waals surface area contributed by atoms with E-state index < -0.39 is 0 Å². The van der Waals surface area contributed by atoms with E-state index in [1.807, 2.05) is 24.3 Å². The predicted molar refractivity (Wildman–Crippen MR) is 103 cm³/mol. The Labute approximate surface area is 158 Å². The maximum absolute atomic E-state index is 5.31. The molecule has 0 bridgehead atoms. The largest absolute Gasteiger partial charge is 0.493 e. The molecule has 2 N–H and O–H groups in total. The lowest BCUT2D eigenvalue weighted by molar-refractivity contribution is 0.354. The fraction of sp³-hybridized carbons (Fsp3) is 0.375. The van der Waals surface area contributed by atoms with Crippen LogP contribution in [0, 0.1) is 0 Å². The van der Waals surface area contributed by atoms with Gasteiger partial charge in [-0.3, -0.25) is 4.99 Å². The molecule has 0 saturated carbocycles. The molecule has 0 radical (unpaired) electrons. The van der Waals surface area contributed by atoms with Crippen LogP contribution in [-0.2, 0) is 13.0 Å². The highest BCUT2D eigenvalue weighted by molar-refractivity contribution is 14.0. The van der Waals surface area contributed by atoms with Crippen molar-refractivity contribution in [3.05, 3.63) is 41.8 Å². The highest BCUT2D eigenvalue weighted by Gasteiger charge is 2.05. The predicted octanol–water partition coefficient (Wildman–Crippen LogP) is 2.22. The molecule has 1 aromatic carbocycles. The molecule has 0 saturated heterocycles. The zero-order chi connectivity index (χ0) is 16.5. The zero-order valence-corrected chi connectivity index (χ0v) is 16.4. The minimum atomic E-state index is 0. The minimum Gasteiger partial charge on any atom is -0.493 e. The summed E-state index contributed by atoms with van der Waals surface area (Å²) < 4.78 is 15.3. The Bertz CT molecular complexity index is 632. The molecule has 0 aliphatic heterocycles. The molecule has 0 aliphatic rings. The number of aromatic nitrogens is 1. The first-order valence-electron chi connectivity index (χ1n) is 7.31. The molecular weight excluding hydrogens is 423 g/mol. The zero-order valence-electron chi connectivity index (χ0n) is 14.0. The highest BCUT2D eigenvalue weighted by atomic mass is 127. The molecule has 2 rings (SSSR count). The summed E-state index contributed by atoms with van der Waals surface area (Å²) in [5.74, 6) is 2.18. The number of hydrogen-bond acceptors (Lipinski definition) is 5. The maximum Gasteiger partial charge on any atom is 0.191 e. The normalized spacial score (nSPS) is 10.7. The molecule has 0 fully saturated rings. The molecule has 0 spiro atoms. The van der Waals surface area contributed by atoms with Gasteiger partial charge in [0.1, 0.15) is 12.0 Å². The van der Waals surface area contributed by atoms with Crippen LogP contribution in [0.15, 0.2) is 40.0 Å². The highest BCUT2D eigenvalue weighted by Crippen LogP contribution is 2.27. The molecule has 0 unspecified atom stereocenters. The van der Waals surface area contributed by atoms with Crippen molar-refractivity contribution in [1.82, 2.24) is 15.8 Å². The van der Waals surface area contributed by atoms with Crippen LogP contribution in [0.3, 0.4) is 0 Å². The quantitative estimate of drug-likeness (QED) is 0.386. The smallest absolute Gasteiger partial charge is 0.191 e. The van der Waals surface area contributed by atoms with Gasteiger partial charge in [0.15, 0.2) is 17.5 Å². The van der Waals surface area contributed by atoms with Gasteiger partial charge in [-0.2, -0.15) is 0 Å². The van der Waals surface area contributed by atoms with Crippen molar-refractivity contribution in [3.8, 4) is 11.5 Å². The number of guanidine groups is 1. The van der Waals surface area contributed by atoms with Crippen molar-refractivity contribution in [2.75, 3.05) is 27.8 Å². The third-order valence-electron chi connectivity index (χ3n) is 3.31. The molecular formula is C16H23IN4O3. The van der Waals surface area contributed by atoms with Crippen LogP contribution >= 0.6 is 24.0 Å². The van der Waals surface area contributed by atoms with E-state index in [0.29, 0.717) is 12.5 Å². The topological polar surface area (TPSA) is 80.9 Å². The van der Waals surface area contributed by atoms with Gasteiger partial charge in [0, 0.05) is 19.7 Å². The Kier molecular flexibility index (Phi) is 8.98. The van der Waals surface area contributed by atoms with Crippen LogP contribution in [-0.4, -0.2) is 38.9 Å². The van der Waals surface area contributed by atoms with Gasteiger partial charge >= 0.3 is 0 Å². The van der Waals surface area contributed by atoms with Gasteiger partial charge in [0.2, 0.25) is 0 Å². The fourth-order valence-corrected chi connectivity index (χ4v) is 2.09. The van der Waals surface area contributed by atoms with Crippen LogP contribution in [0.5, 0.6) is 11.5 Å². The summed E-state index contributed by atoms with van der Waals surface area (Å²) in [6.07, 6.45) is 2.38. The van der Waals surface area contributed by atoms with E-state index in [4.69, 9.17) is 14.0 Å². The van der Waals surface area contributed by atoms with E-state index in [-0.39, 0.29) is 24.0 Å². The molecule has 0 atom stereocenters. The molecule has 1 aromatic heterocycles. The van der Waals surface area contributed by atoms with Crippen molar-refractivity contribution in [2.45, 2.75) is 13.0 Å². The summed E-state index contributed by atoms with van der Waals surface area (Å²) in [5.41, 5.74) is 1.98. The summed E-state index contributed by atoms with van der Waals surface area (Å²) in [6.45, 7) is 1.31. The van der Waals surface area contributed by atoms with Crippen molar-refractivity contribution >= 4 is 29.9 Å². The van der Waals surface area contributed by atoms with Gasteiger partial charge in [-0.05, 0) is 24.1 Å². The van der Waals surface area contributed by atoms with Crippen LogP contribution in [0.1, 0.15) is 11.3 Å². The number of rotatable bonds is 7. The molecule has 2 aromatic rings. The number of aliphatic imine (C=N–C) groups is 1. The SMILES string of the molecule is CN=C(NCCc1ccc(OC)c(OC)c1)NCc1ccon1.I. The summed E-state index contributed by atoms with van der Waals surface area (Å²) in [6, 6.07) is 7.72. The maximum atomic E-state index is 5.31. The standard InChI is InChI=1S/C16H22N4O3.HI/c1-17-16(19-11-13-7-9-23-20-13)18-8-6-12-4-5-14(21-2)15(10-12)22-3;/h4-5,7,9-10H,6,8,11H2,1-3H3,(H2,17,18,19);1H. The first-order chi connectivity index (χ1) is 11.3. The third-order valence-corrected chi connectivity index (χ3v) is 3.31. The van der Waals surface area contributed by atoms with E-state index >= 15 is 0 Å². The molecule has 1 heterocycles. The Morgan fingerprint density at radius 1 is 1.17 bits per heavy atom. The number of nitrogens with one attached hydrogen (secondary N) is 2. The molecule has 132 valence electrons. The Morgan fingerprint density at radius 3 is 2.58 bits per heavy atom. The third kappa shape index (κ3) is 5.91. The van der Waals surface area contributed by atoms with Crippen LogP contribution < -0.4 is 20.1 Å². The van der Waals surface area contributed by atoms with Gasteiger partial charge in [0.25, 0.3) is 0 Å². The lowest BCUT2D eigenvalue weighted by atomic mass is 10.1.